The zero-order valence-corrected chi connectivity index (χ0v) is 18.1. The fourth-order valence-corrected chi connectivity index (χ4v) is 3.84. The van der Waals surface area contributed by atoms with Crippen LogP contribution in [0.4, 0.5) is 0 Å². The molecule has 0 radical (unpaired) electrons. The fraction of sp³-hybridized carbons (Fsp3) is 0.800. The summed E-state index contributed by atoms with van der Waals surface area (Å²) in [7, 11) is 1.63. The molecule has 0 aromatic carbocycles. The SMILES string of the molecule is CCC(CC(=O)N1C[C@@H](CNC(=O)Cn2nc(C)n(C)c2=O)[C@H](C)C1)C(C)C. The molecule has 0 bridgehead atoms. The van der Waals surface area contributed by atoms with Gasteiger partial charge in [0.1, 0.15) is 12.4 Å². The van der Waals surface area contributed by atoms with Crippen molar-refractivity contribution in [2.75, 3.05) is 19.6 Å². The molecule has 1 unspecified atom stereocenters. The van der Waals surface area contributed by atoms with Crippen LogP contribution in [-0.2, 0) is 23.2 Å². The summed E-state index contributed by atoms with van der Waals surface area (Å²) < 4.78 is 2.59. The molecule has 0 saturated carbocycles. The molecular weight excluding hydrogens is 358 g/mol. The highest BCUT2D eigenvalue weighted by atomic mass is 16.2. The minimum Gasteiger partial charge on any atom is -0.354 e. The van der Waals surface area contributed by atoms with E-state index in [-0.39, 0.29) is 30.0 Å². The molecule has 28 heavy (non-hydrogen) atoms. The van der Waals surface area contributed by atoms with Crippen molar-refractivity contribution >= 4 is 11.8 Å². The smallest absolute Gasteiger partial charge is 0.346 e. The normalized spacial score (nSPS) is 20.6. The Kier molecular flexibility index (Phi) is 7.43. The summed E-state index contributed by atoms with van der Waals surface area (Å²) in [4.78, 5) is 38.8. The minimum atomic E-state index is -0.297. The van der Waals surface area contributed by atoms with Gasteiger partial charge in [0.25, 0.3) is 0 Å². The third-order valence-electron chi connectivity index (χ3n) is 6.14. The van der Waals surface area contributed by atoms with Gasteiger partial charge in [0.05, 0.1) is 0 Å². The van der Waals surface area contributed by atoms with E-state index in [2.05, 4.69) is 38.1 Å². The number of hydrogen-bond donors (Lipinski definition) is 1. The monoisotopic (exact) mass is 393 g/mol. The van der Waals surface area contributed by atoms with Crippen molar-refractivity contribution in [1.29, 1.82) is 0 Å². The Bertz CT molecular complexity index is 752. The summed E-state index contributed by atoms with van der Waals surface area (Å²) in [6.45, 7) is 12.2. The van der Waals surface area contributed by atoms with Crippen LogP contribution in [0.25, 0.3) is 0 Å². The topological polar surface area (TPSA) is 89.2 Å². The molecule has 2 amide bonds. The standard InChI is InChI=1S/C20H35N5O3/c1-7-16(13(2)3)8-19(27)24-10-14(4)17(11-24)9-21-18(26)12-25-20(28)23(6)15(5)22-25/h13-14,16-17H,7-12H2,1-6H3,(H,21,26)/t14-,16?,17-/m1/s1. The second-order valence-corrected chi connectivity index (χ2v) is 8.50. The summed E-state index contributed by atoms with van der Waals surface area (Å²) in [5, 5.41) is 6.99. The zero-order valence-electron chi connectivity index (χ0n) is 18.1. The molecule has 1 fully saturated rings. The molecule has 1 aromatic rings. The van der Waals surface area contributed by atoms with E-state index in [9.17, 15) is 14.4 Å². The molecule has 1 N–H and O–H groups in total. The van der Waals surface area contributed by atoms with Gasteiger partial charge in [-0.3, -0.25) is 14.2 Å². The van der Waals surface area contributed by atoms with Crippen LogP contribution in [0.15, 0.2) is 4.79 Å². The predicted molar refractivity (Wildman–Crippen MR) is 108 cm³/mol. The Morgan fingerprint density at radius 3 is 2.50 bits per heavy atom. The van der Waals surface area contributed by atoms with E-state index >= 15 is 0 Å². The Labute approximate surface area is 167 Å². The minimum absolute atomic E-state index is 0.0865. The van der Waals surface area contributed by atoms with Gasteiger partial charge in [-0.1, -0.05) is 34.1 Å². The number of aryl methyl sites for hydroxylation is 1. The maximum absolute atomic E-state index is 12.7. The number of amides is 2. The molecule has 2 rings (SSSR count). The Balaban J connectivity index is 1.84. The molecule has 0 aliphatic carbocycles. The quantitative estimate of drug-likeness (QED) is 0.718. The molecular formula is C20H35N5O3. The molecule has 1 saturated heterocycles. The number of carbonyl (C=O) groups excluding carboxylic acids is 2. The molecule has 158 valence electrons. The molecule has 1 aromatic heterocycles. The lowest BCUT2D eigenvalue weighted by Gasteiger charge is -2.23. The van der Waals surface area contributed by atoms with Crippen LogP contribution in [0.3, 0.4) is 0 Å². The van der Waals surface area contributed by atoms with Crippen molar-refractivity contribution in [1.82, 2.24) is 24.6 Å². The molecule has 2 heterocycles. The Morgan fingerprint density at radius 1 is 1.29 bits per heavy atom. The van der Waals surface area contributed by atoms with Crippen LogP contribution < -0.4 is 11.0 Å². The number of rotatable bonds is 8. The van der Waals surface area contributed by atoms with Crippen LogP contribution in [0, 0.1) is 30.6 Å². The summed E-state index contributed by atoms with van der Waals surface area (Å²) >= 11 is 0. The summed E-state index contributed by atoms with van der Waals surface area (Å²) in [5.41, 5.74) is -0.297. The number of nitrogens with one attached hydrogen (secondary N) is 1. The summed E-state index contributed by atoms with van der Waals surface area (Å²) in [6, 6.07) is 0. The van der Waals surface area contributed by atoms with Crippen LogP contribution in [-0.4, -0.2) is 50.7 Å². The van der Waals surface area contributed by atoms with Gasteiger partial charge in [-0.05, 0) is 30.6 Å². The van der Waals surface area contributed by atoms with Crippen molar-refractivity contribution < 1.29 is 9.59 Å². The highest BCUT2D eigenvalue weighted by molar-refractivity contribution is 5.77. The average Bonchev–Trinajstić information content (AvgIpc) is 3.12. The highest BCUT2D eigenvalue weighted by Crippen LogP contribution is 2.26. The second-order valence-electron chi connectivity index (χ2n) is 8.50. The van der Waals surface area contributed by atoms with Crippen molar-refractivity contribution in [3.8, 4) is 0 Å². The van der Waals surface area contributed by atoms with Crippen LogP contribution >= 0.6 is 0 Å². The Morgan fingerprint density at radius 2 is 1.96 bits per heavy atom. The van der Waals surface area contributed by atoms with Gasteiger partial charge < -0.3 is 10.2 Å². The fourth-order valence-electron chi connectivity index (χ4n) is 3.84. The first-order valence-corrected chi connectivity index (χ1v) is 10.3. The van der Waals surface area contributed by atoms with Gasteiger partial charge in [-0.15, -0.1) is 0 Å². The van der Waals surface area contributed by atoms with Gasteiger partial charge >= 0.3 is 5.69 Å². The van der Waals surface area contributed by atoms with E-state index in [4.69, 9.17) is 0 Å². The molecule has 3 atom stereocenters. The van der Waals surface area contributed by atoms with Crippen molar-refractivity contribution in [2.24, 2.45) is 30.7 Å². The maximum Gasteiger partial charge on any atom is 0.346 e. The predicted octanol–water partition coefficient (Wildman–Crippen LogP) is 1.17. The van der Waals surface area contributed by atoms with E-state index in [0.717, 1.165) is 13.0 Å². The van der Waals surface area contributed by atoms with Crippen molar-refractivity contribution in [3.05, 3.63) is 16.3 Å². The summed E-state index contributed by atoms with van der Waals surface area (Å²) in [6.07, 6.45) is 1.61. The molecule has 8 nitrogen and oxygen atoms in total. The molecule has 8 heteroatoms. The first-order valence-electron chi connectivity index (χ1n) is 10.3. The molecule has 1 aliphatic rings. The third kappa shape index (κ3) is 5.23. The third-order valence-corrected chi connectivity index (χ3v) is 6.14. The van der Waals surface area contributed by atoms with Gasteiger partial charge in [0, 0.05) is 33.1 Å². The number of likely N-dealkylation sites (tertiary alicyclic amines) is 1. The lowest BCUT2D eigenvalue weighted by atomic mass is 9.90. The zero-order chi connectivity index (χ0) is 21.0. The van der Waals surface area contributed by atoms with E-state index in [1.165, 1.54) is 9.25 Å². The number of hydrogen-bond acceptors (Lipinski definition) is 4. The van der Waals surface area contributed by atoms with Crippen LogP contribution in [0.5, 0.6) is 0 Å². The van der Waals surface area contributed by atoms with Gasteiger partial charge in [-0.25, -0.2) is 9.48 Å². The van der Waals surface area contributed by atoms with Gasteiger partial charge in [0.15, 0.2) is 0 Å². The lowest BCUT2D eigenvalue weighted by molar-refractivity contribution is -0.131. The van der Waals surface area contributed by atoms with E-state index in [1.807, 2.05) is 4.90 Å². The number of carbonyl (C=O) groups is 2. The second kappa shape index (κ2) is 9.39. The lowest BCUT2D eigenvalue weighted by Crippen LogP contribution is -2.37. The average molecular weight is 394 g/mol. The van der Waals surface area contributed by atoms with Gasteiger partial charge in [-0.2, -0.15) is 5.10 Å². The number of nitrogens with zero attached hydrogens (tertiary/aromatic N) is 4. The maximum atomic E-state index is 12.7. The van der Waals surface area contributed by atoms with Crippen molar-refractivity contribution in [2.45, 2.75) is 54.0 Å². The molecule has 0 spiro atoms. The first kappa shape index (κ1) is 22.2. The van der Waals surface area contributed by atoms with Crippen LogP contribution in [0.1, 0.15) is 46.4 Å². The van der Waals surface area contributed by atoms with E-state index in [1.54, 1.807) is 14.0 Å². The Hall–Kier alpha value is -2.12. The highest BCUT2D eigenvalue weighted by Gasteiger charge is 2.33. The first-order chi connectivity index (χ1) is 13.1. The van der Waals surface area contributed by atoms with E-state index < -0.39 is 0 Å². The number of aromatic nitrogens is 3. The summed E-state index contributed by atoms with van der Waals surface area (Å²) in [5.74, 6) is 2.05. The molecule has 1 aliphatic heterocycles. The largest absolute Gasteiger partial charge is 0.354 e. The van der Waals surface area contributed by atoms with Crippen molar-refractivity contribution in [3.63, 3.8) is 0 Å². The van der Waals surface area contributed by atoms with E-state index in [0.29, 0.717) is 43.1 Å². The van der Waals surface area contributed by atoms with Gasteiger partial charge in [0.2, 0.25) is 11.8 Å². The van der Waals surface area contributed by atoms with Crippen LogP contribution in [0.2, 0.25) is 0 Å².